The molecule has 0 aliphatic heterocycles. The fraction of sp³-hybridized carbons (Fsp3) is 0.0357. The quantitative estimate of drug-likeness (QED) is 0.175. The van der Waals surface area contributed by atoms with E-state index in [1.54, 1.807) is 48.5 Å². The molecule has 0 heterocycles. The Hall–Kier alpha value is -4.71. The number of nitrogens with one attached hydrogen (secondary N) is 1. The highest BCUT2D eigenvalue weighted by atomic mass is 16.5. The summed E-state index contributed by atoms with van der Waals surface area (Å²) in [6, 6.07) is 33.1. The van der Waals surface area contributed by atoms with E-state index in [1.807, 2.05) is 60.7 Å². The Morgan fingerprint density at radius 2 is 1.29 bits per heavy atom. The van der Waals surface area contributed by atoms with E-state index in [9.17, 15) is 9.59 Å². The zero-order valence-corrected chi connectivity index (χ0v) is 18.3. The summed E-state index contributed by atoms with van der Waals surface area (Å²) in [5, 5.41) is 3.93. The molecule has 0 saturated carbocycles. The van der Waals surface area contributed by atoms with Crippen LogP contribution >= 0.6 is 0 Å². The molecular formula is C28H22N2O4. The molecule has 1 amide bonds. The van der Waals surface area contributed by atoms with Crippen LogP contribution in [0, 0.1) is 0 Å². The van der Waals surface area contributed by atoms with Gasteiger partial charge in [0.1, 0.15) is 11.5 Å². The van der Waals surface area contributed by atoms with Crippen molar-refractivity contribution in [3.8, 4) is 22.6 Å². The molecule has 0 radical (unpaired) electrons. The molecule has 0 spiro atoms. The third-order valence-electron chi connectivity index (χ3n) is 4.83. The minimum Gasteiger partial charge on any atom is -0.484 e. The van der Waals surface area contributed by atoms with Crippen molar-refractivity contribution in [3.63, 3.8) is 0 Å². The zero-order chi connectivity index (χ0) is 23.6. The molecule has 0 aliphatic rings. The maximum Gasteiger partial charge on any atom is 0.343 e. The van der Waals surface area contributed by atoms with Crippen LogP contribution in [0.4, 0.5) is 0 Å². The van der Waals surface area contributed by atoms with Crippen LogP contribution in [0.15, 0.2) is 114 Å². The molecule has 0 aromatic heterocycles. The van der Waals surface area contributed by atoms with Gasteiger partial charge in [0.05, 0.1) is 11.8 Å². The fourth-order valence-corrected chi connectivity index (χ4v) is 3.10. The summed E-state index contributed by atoms with van der Waals surface area (Å²) in [6.07, 6.45) is 1.50. The van der Waals surface area contributed by atoms with Gasteiger partial charge in [-0.15, -0.1) is 0 Å². The number of nitrogens with zero attached hydrogens (tertiary/aromatic N) is 1. The lowest BCUT2D eigenvalue weighted by Crippen LogP contribution is -2.24. The predicted octanol–water partition coefficient (Wildman–Crippen LogP) is 5.10. The van der Waals surface area contributed by atoms with Crippen LogP contribution < -0.4 is 14.9 Å². The van der Waals surface area contributed by atoms with Gasteiger partial charge in [0, 0.05) is 0 Å². The number of carbonyl (C=O) groups is 2. The lowest BCUT2D eigenvalue weighted by Gasteiger charge is -2.07. The first-order chi connectivity index (χ1) is 16.7. The van der Waals surface area contributed by atoms with E-state index in [1.165, 1.54) is 6.21 Å². The number of esters is 1. The highest BCUT2D eigenvalue weighted by Gasteiger charge is 2.07. The zero-order valence-electron chi connectivity index (χ0n) is 18.3. The molecule has 0 bridgehead atoms. The molecule has 6 heteroatoms. The van der Waals surface area contributed by atoms with Crippen molar-refractivity contribution >= 4 is 18.1 Å². The second-order valence-electron chi connectivity index (χ2n) is 7.30. The highest BCUT2D eigenvalue weighted by molar-refractivity contribution is 5.91. The molecule has 4 aromatic rings. The molecule has 4 rings (SSSR count). The number of hydrazone groups is 1. The first-order valence-corrected chi connectivity index (χ1v) is 10.6. The summed E-state index contributed by atoms with van der Waals surface area (Å²) in [4.78, 5) is 24.1. The van der Waals surface area contributed by atoms with Gasteiger partial charge in [-0.2, -0.15) is 5.10 Å². The summed E-state index contributed by atoms with van der Waals surface area (Å²) >= 11 is 0. The van der Waals surface area contributed by atoms with Crippen LogP contribution in [0.5, 0.6) is 11.5 Å². The van der Waals surface area contributed by atoms with Gasteiger partial charge in [-0.05, 0) is 65.2 Å². The van der Waals surface area contributed by atoms with Gasteiger partial charge in [-0.1, -0.05) is 60.7 Å². The second-order valence-corrected chi connectivity index (χ2v) is 7.30. The molecule has 4 aromatic carbocycles. The van der Waals surface area contributed by atoms with Crippen molar-refractivity contribution in [3.05, 3.63) is 120 Å². The van der Waals surface area contributed by atoms with E-state index in [2.05, 4.69) is 10.5 Å². The number of carbonyl (C=O) groups excluding carboxylic acids is 2. The first-order valence-electron chi connectivity index (χ1n) is 10.6. The van der Waals surface area contributed by atoms with Crippen molar-refractivity contribution in [1.29, 1.82) is 0 Å². The fourth-order valence-electron chi connectivity index (χ4n) is 3.10. The average Bonchev–Trinajstić information content (AvgIpc) is 2.90. The van der Waals surface area contributed by atoms with Crippen molar-refractivity contribution < 1.29 is 19.1 Å². The monoisotopic (exact) mass is 450 g/mol. The van der Waals surface area contributed by atoms with E-state index in [-0.39, 0.29) is 12.5 Å². The summed E-state index contributed by atoms with van der Waals surface area (Å²) < 4.78 is 10.9. The number of hydrogen-bond acceptors (Lipinski definition) is 5. The molecule has 6 nitrogen and oxygen atoms in total. The number of ether oxygens (including phenoxy) is 2. The normalized spacial score (nSPS) is 10.6. The second kappa shape index (κ2) is 11.2. The molecule has 0 saturated heterocycles. The Bertz CT molecular complexity index is 1250. The van der Waals surface area contributed by atoms with Crippen molar-refractivity contribution in [2.24, 2.45) is 5.10 Å². The summed E-state index contributed by atoms with van der Waals surface area (Å²) in [5.41, 5.74) is 5.82. The van der Waals surface area contributed by atoms with Gasteiger partial charge in [-0.25, -0.2) is 10.2 Å². The van der Waals surface area contributed by atoms with E-state index >= 15 is 0 Å². The third kappa shape index (κ3) is 6.40. The summed E-state index contributed by atoms with van der Waals surface area (Å²) in [7, 11) is 0. The van der Waals surface area contributed by atoms with Crippen LogP contribution in [0.3, 0.4) is 0 Å². The van der Waals surface area contributed by atoms with Crippen LogP contribution in [-0.4, -0.2) is 24.7 Å². The standard InChI is InChI=1S/C28H22N2O4/c31-27(20-33-25-17-13-23(14-18-25)22-7-3-1-4-8-22)30-29-19-21-11-15-26(16-12-21)34-28(32)24-9-5-2-6-10-24/h1-19H,20H2,(H,30,31)/b29-19-. The largest absolute Gasteiger partial charge is 0.484 e. The highest BCUT2D eigenvalue weighted by Crippen LogP contribution is 2.22. The van der Waals surface area contributed by atoms with Gasteiger partial charge < -0.3 is 9.47 Å². The van der Waals surface area contributed by atoms with Crippen LogP contribution in [-0.2, 0) is 4.79 Å². The Morgan fingerprint density at radius 3 is 1.97 bits per heavy atom. The van der Waals surface area contributed by atoms with E-state index in [0.29, 0.717) is 17.1 Å². The molecule has 0 atom stereocenters. The van der Waals surface area contributed by atoms with E-state index in [0.717, 1.165) is 16.7 Å². The van der Waals surface area contributed by atoms with Gasteiger partial charge >= 0.3 is 5.97 Å². The topological polar surface area (TPSA) is 77.0 Å². The summed E-state index contributed by atoms with van der Waals surface area (Å²) in [6.45, 7) is -0.156. The minimum absolute atomic E-state index is 0.156. The molecule has 34 heavy (non-hydrogen) atoms. The molecule has 1 N–H and O–H groups in total. The molecule has 0 unspecified atom stereocenters. The summed E-state index contributed by atoms with van der Waals surface area (Å²) in [5.74, 6) is 0.210. The molecular weight excluding hydrogens is 428 g/mol. The van der Waals surface area contributed by atoms with Crippen molar-refractivity contribution in [2.75, 3.05) is 6.61 Å². The minimum atomic E-state index is -0.427. The Labute approximate surface area is 197 Å². The number of amides is 1. The Morgan fingerprint density at radius 1 is 0.706 bits per heavy atom. The lowest BCUT2D eigenvalue weighted by atomic mass is 10.1. The first kappa shape index (κ1) is 22.5. The van der Waals surface area contributed by atoms with Crippen LogP contribution in [0.25, 0.3) is 11.1 Å². The third-order valence-corrected chi connectivity index (χ3v) is 4.83. The smallest absolute Gasteiger partial charge is 0.343 e. The van der Waals surface area contributed by atoms with E-state index < -0.39 is 5.97 Å². The SMILES string of the molecule is O=C(COc1ccc(-c2ccccc2)cc1)N/N=C\c1ccc(OC(=O)c2ccccc2)cc1. The maximum absolute atomic E-state index is 12.1. The predicted molar refractivity (Wildman–Crippen MR) is 131 cm³/mol. The van der Waals surface area contributed by atoms with Gasteiger partial charge in [0.25, 0.3) is 5.91 Å². The molecule has 168 valence electrons. The number of hydrogen-bond donors (Lipinski definition) is 1. The molecule has 0 aliphatic carbocycles. The Kier molecular flexibility index (Phi) is 7.43. The van der Waals surface area contributed by atoms with Gasteiger partial charge in [0.15, 0.2) is 6.61 Å². The molecule has 0 fully saturated rings. The lowest BCUT2D eigenvalue weighted by molar-refractivity contribution is -0.123. The van der Waals surface area contributed by atoms with Crippen molar-refractivity contribution in [1.82, 2.24) is 5.43 Å². The van der Waals surface area contributed by atoms with Crippen molar-refractivity contribution in [2.45, 2.75) is 0 Å². The Balaban J connectivity index is 1.22. The average molecular weight is 450 g/mol. The van der Waals surface area contributed by atoms with Crippen LogP contribution in [0.1, 0.15) is 15.9 Å². The maximum atomic E-state index is 12.1. The number of benzene rings is 4. The van der Waals surface area contributed by atoms with Crippen LogP contribution in [0.2, 0.25) is 0 Å². The number of rotatable bonds is 8. The van der Waals surface area contributed by atoms with Gasteiger partial charge in [-0.3, -0.25) is 4.79 Å². The van der Waals surface area contributed by atoms with Gasteiger partial charge in [0.2, 0.25) is 0 Å². The van der Waals surface area contributed by atoms with E-state index in [4.69, 9.17) is 9.47 Å².